The Morgan fingerprint density at radius 2 is 1.94 bits per heavy atom. The fourth-order valence-electron chi connectivity index (χ4n) is 2.78. The summed E-state index contributed by atoms with van der Waals surface area (Å²) in [6, 6.07) is 0.594. The lowest BCUT2D eigenvalue weighted by atomic mass is 9.83. The minimum Gasteiger partial charge on any atom is -0.314 e. The molecule has 1 fully saturated rings. The van der Waals surface area contributed by atoms with Crippen LogP contribution in [0.1, 0.15) is 54.4 Å². The largest absolute Gasteiger partial charge is 0.314 e. The van der Waals surface area contributed by atoms with Gasteiger partial charge in [-0.15, -0.1) is 0 Å². The molecule has 0 aromatic carbocycles. The molecule has 108 valence electrons. The Hall–Kier alpha value is -0.0800. The highest BCUT2D eigenvalue weighted by atomic mass is 15.1. The van der Waals surface area contributed by atoms with Crippen molar-refractivity contribution in [3.05, 3.63) is 0 Å². The SMILES string of the molecule is CCC(C)(CNC(C)C)CN1CCC(C)C(C)C1. The normalized spacial score (nSPS) is 29.5. The molecule has 3 unspecified atom stereocenters. The van der Waals surface area contributed by atoms with Crippen molar-refractivity contribution >= 4 is 0 Å². The third-order valence-corrected chi connectivity index (χ3v) is 4.81. The summed E-state index contributed by atoms with van der Waals surface area (Å²) in [7, 11) is 0. The first-order valence-corrected chi connectivity index (χ1v) is 7.82. The number of piperidine rings is 1. The van der Waals surface area contributed by atoms with Gasteiger partial charge < -0.3 is 10.2 Å². The van der Waals surface area contributed by atoms with E-state index in [1.54, 1.807) is 0 Å². The molecule has 0 aliphatic carbocycles. The number of nitrogens with one attached hydrogen (secondary N) is 1. The highest BCUT2D eigenvalue weighted by Crippen LogP contribution is 2.27. The summed E-state index contributed by atoms with van der Waals surface area (Å²) in [5.41, 5.74) is 0.421. The van der Waals surface area contributed by atoms with Crippen LogP contribution >= 0.6 is 0 Å². The topological polar surface area (TPSA) is 15.3 Å². The van der Waals surface area contributed by atoms with Crippen molar-refractivity contribution in [2.75, 3.05) is 26.2 Å². The molecule has 1 aliphatic rings. The van der Waals surface area contributed by atoms with Gasteiger partial charge in [0.15, 0.2) is 0 Å². The van der Waals surface area contributed by atoms with E-state index in [0.717, 1.165) is 18.4 Å². The van der Waals surface area contributed by atoms with Crippen LogP contribution in [0, 0.1) is 17.3 Å². The minimum absolute atomic E-state index is 0.421. The molecule has 2 nitrogen and oxygen atoms in total. The zero-order valence-electron chi connectivity index (χ0n) is 13.4. The highest BCUT2D eigenvalue weighted by Gasteiger charge is 2.29. The third kappa shape index (κ3) is 4.89. The number of hydrogen-bond acceptors (Lipinski definition) is 2. The van der Waals surface area contributed by atoms with Crippen LogP contribution in [0.3, 0.4) is 0 Å². The predicted octanol–water partition coefficient (Wildman–Crippen LogP) is 3.38. The second kappa shape index (κ2) is 6.91. The van der Waals surface area contributed by atoms with E-state index in [9.17, 15) is 0 Å². The first-order chi connectivity index (χ1) is 8.36. The van der Waals surface area contributed by atoms with Gasteiger partial charge in [0.2, 0.25) is 0 Å². The van der Waals surface area contributed by atoms with Crippen molar-refractivity contribution in [2.45, 2.75) is 60.4 Å². The van der Waals surface area contributed by atoms with Gasteiger partial charge in [0.05, 0.1) is 0 Å². The average molecular weight is 254 g/mol. The number of nitrogens with zero attached hydrogens (tertiary/aromatic N) is 1. The summed E-state index contributed by atoms with van der Waals surface area (Å²) in [4.78, 5) is 2.69. The molecule has 0 bridgehead atoms. The molecule has 1 aliphatic heterocycles. The Kier molecular flexibility index (Phi) is 6.13. The van der Waals surface area contributed by atoms with E-state index >= 15 is 0 Å². The molecule has 1 N–H and O–H groups in total. The van der Waals surface area contributed by atoms with Crippen molar-refractivity contribution < 1.29 is 0 Å². The summed E-state index contributed by atoms with van der Waals surface area (Å²) in [6.07, 6.45) is 2.63. The van der Waals surface area contributed by atoms with Gasteiger partial charge in [0, 0.05) is 25.7 Å². The van der Waals surface area contributed by atoms with Crippen LogP contribution in [0.15, 0.2) is 0 Å². The lowest BCUT2D eigenvalue weighted by Gasteiger charge is -2.41. The molecule has 0 amide bonds. The summed E-state index contributed by atoms with van der Waals surface area (Å²) in [5, 5.41) is 3.62. The quantitative estimate of drug-likeness (QED) is 0.782. The lowest BCUT2D eigenvalue weighted by Crippen LogP contribution is -2.47. The van der Waals surface area contributed by atoms with Crippen LogP contribution in [-0.2, 0) is 0 Å². The van der Waals surface area contributed by atoms with Gasteiger partial charge in [-0.25, -0.2) is 0 Å². The van der Waals surface area contributed by atoms with E-state index in [0.29, 0.717) is 11.5 Å². The van der Waals surface area contributed by atoms with Gasteiger partial charge in [-0.1, -0.05) is 41.5 Å². The molecule has 1 saturated heterocycles. The summed E-state index contributed by atoms with van der Waals surface area (Å²) >= 11 is 0. The van der Waals surface area contributed by atoms with Crippen LogP contribution in [0.2, 0.25) is 0 Å². The van der Waals surface area contributed by atoms with Gasteiger partial charge in [-0.05, 0) is 36.6 Å². The van der Waals surface area contributed by atoms with E-state index in [1.165, 1.54) is 32.5 Å². The zero-order valence-corrected chi connectivity index (χ0v) is 13.4. The molecule has 0 aromatic heterocycles. The van der Waals surface area contributed by atoms with E-state index in [-0.39, 0.29) is 0 Å². The van der Waals surface area contributed by atoms with Crippen LogP contribution in [0.5, 0.6) is 0 Å². The van der Waals surface area contributed by atoms with Crippen LogP contribution < -0.4 is 5.32 Å². The van der Waals surface area contributed by atoms with Crippen molar-refractivity contribution in [3.63, 3.8) is 0 Å². The first kappa shape index (κ1) is 16.0. The lowest BCUT2D eigenvalue weighted by molar-refractivity contribution is 0.0860. The second-order valence-electron chi connectivity index (χ2n) is 7.18. The summed E-state index contributed by atoms with van der Waals surface area (Å²) in [5.74, 6) is 1.76. The molecule has 2 heteroatoms. The molecular weight excluding hydrogens is 220 g/mol. The first-order valence-electron chi connectivity index (χ1n) is 7.82. The highest BCUT2D eigenvalue weighted by molar-refractivity contribution is 4.84. The molecule has 1 heterocycles. The Balaban J connectivity index is 2.46. The van der Waals surface area contributed by atoms with E-state index < -0.39 is 0 Å². The zero-order chi connectivity index (χ0) is 13.8. The van der Waals surface area contributed by atoms with Crippen molar-refractivity contribution in [1.29, 1.82) is 0 Å². The smallest absolute Gasteiger partial charge is 0.00475 e. The monoisotopic (exact) mass is 254 g/mol. The van der Waals surface area contributed by atoms with Crippen molar-refractivity contribution in [3.8, 4) is 0 Å². The van der Waals surface area contributed by atoms with Crippen LogP contribution in [0.25, 0.3) is 0 Å². The molecular formula is C16H34N2. The Morgan fingerprint density at radius 1 is 1.28 bits per heavy atom. The third-order valence-electron chi connectivity index (χ3n) is 4.81. The predicted molar refractivity (Wildman–Crippen MR) is 80.9 cm³/mol. The van der Waals surface area contributed by atoms with Gasteiger partial charge in [0.1, 0.15) is 0 Å². The van der Waals surface area contributed by atoms with E-state index in [2.05, 4.69) is 51.8 Å². The number of rotatable bonds is 6. The van der Waals surface area contributed by atoms with E-state index in [4.69, 9.17) is 0 Å². The standard InChI is InChI=1S/C16H34N2/c1-7-16(6,11-17-13(2)3)12-18-9-8-14(4)15(5)10-18/h13-15,17H,7-12H2,1-6H3. The summed E-state index contributed by atoms with van der Waals surface area (Å²) in [6.45, 7) is 19.0. The molecule has 1 rings (SSSR count). The summed E-state index contributed by atoms with van der Waals surface area (Å²) < 4.78 is 0. The van der Waals surface area contributed by atoms with Crippen LogP contribution in [0.4, 0.5) is 0 Å². The fraction of sp³-hybridized carbons (Fsp3) is 1.00. The molecule has 18 heavy (non-hydrogen) atoms. The van der Waals surface area contributed by atoms with E-state index in [1.807, 2.05) is 0 Å². The van der Waals surface area contributed by atoms with Crippen LogP contribution in [-0.4, -0.2) is 37.1 Å². The molecule has 0 radical (unpaired) electrons. The van der Waals surface area contributed by atoms with Gasteiger partial charge >= 0.3 is 0 Å². The van der Waals surface area contributed by atoms with Crippen molar-refractivity contribution in [1.82, 2.24) is 10.2 Å². The molecule has 0 aromatic rings. The number of hydrogen-bond donors (Lipinski definition) is 1. The number of likely N-dealkylation sites (tertiary alicyclic amines) is 1. The van der Waals surface area contributed by atoms with Gasteiger partial charge in [0.25, 0.3) is 0 Å². The minimum atomic E-state index is 0.421. The molecule has 3 atom stereocenters. The second-order valence-corrected chi connectivity index (χ2v) is 7.18. The maximum absolute atomic E-state index is 3.62. The fourth-order valence-corrected chi connectivity index (χ4v) is 2.78. The van der Waals surface area contributed by atoms with Crippen molar-refractivity contribution in [2.24, 2.45) is 17.3 Å². The maximum atomic E-state index is 3.62. The molecule has 0 spiro atoms. The average Bonchev–Trinajstić information content (AvgIpc) is 2.31. The Bertz CT molecular complexity index is 239. The molecule has 0 saturated carbocycles. The van der Waals surface area contributed by atoms with Gasteiger partial charge in [-0.2, -0.15) is 0 Å². The Morgan fingerprint density at radius 3 is 2.44 bits per heavy atom. The maximum Gasteiger partial charge on any atom is 0.00475 e. The van der Waals surface area contributed by atoms with Gasteiger partial charge in [-0.3, -0.25) is 0 Å². The Labute approximate surface area is 115 Å².